The number of nitrogens with one attached hydrogen (secondary N) is 1. The zero-order chi connectivity index (χ0) is 12.7. The van der Waals surface area contributed by atoms with Crippen molar-refractivity contribution >= 4 is 23.2 Å². The Hall–Kier alpha value is -1.22. The van der Waals surface area contributed by atoms with Crippen LogP contribution in [-0.2, 0) is 0 Å². The average Bonchev–Trinajstić information content (AvgIpc) is 2.32. The molecule has 0 aliphatic carbocycles. The molecule has 0 heterocycles. The number of nitrogens with two attached hydrogens (primary N) is 1. The van der Waals surface area contributed by atoms with Gasteiger partial charge in [0.05, 0.1) is 10.7 Å². The third kappa shape index (κ3) is 4.65. The van der Waals surface area contributed by atoms with Gasteiger partial charge in [-0.05, 0) is 24.6 Å². The summed E-state index contributed by atoms with van der Waals surface area (Å²) in [5.74, 6) is -0.0941. The van der Waals surface area contributed by atoms with Gasteiger partial charge in [0.2, 0.25) is 0 Å². The molecule has 0 aliphatic rings. The first kappa shape index (κ1) is 13.8. The highest BCUT2D eigenvalue weighted by atomic mass is 35.5. The zero-order valence-corrected chi connectivity index (χ0v) is 10.9. The fourth-order valence-corrected chi connectivity index (χ4v) is 1.70. The SMILES string of the molecule is CCCCCCNC(=O)c1ccc(N)c(Cl)c1. The van der Waals surface area contributed by atoms with Crippen LogP contribution in [0.3, 0.4) is 0 Å². The Balaban J connectivity index is 2.39. The van der Waals surface area contributed by atoms with Gasteiger partial charge in [-0.2, -0.15) is 0 Å². The van der Waals surface area contributed by atoms with Gasteiger partial charge in [-0.1, -0.05) is 37.8 Å². The fraction of sp³-hybridized carbons (Fsp3) is 0.462. The minimum Gasteiger partial charge on any atom is -0.398 e. The molecule has 0 bridgehead atoms. The molecule has 1 aromatic carbocycles. The second kappa shape index (κ2) is 7.17. The van der Waals surface area contributed by atoms with Gasteiger partial charge in [0.25, 0.3) is 5.91 Å². The molecule has 0 saturated carbocycles. The summed E-state index contributed by atoms with van der Waals surface area (Å²) in [5.41, 5.74) is 6.63. The fourth-order valence-electron chi connectivity index (χ4n) is 1.52. The maximum atomic E-state index is 11.7. The van der Waals surface area contributed by atoms with E-state index in [1.165, 1.54) is 12.8 Å². The second-order valence-electron chi connectivity index (χ2n) is 4.05. The van der Waals surface area contributed by atoms with Crippen molar-refractivity contribution in [2.24, 2.45) is 0 Å². The number of nitrogen functional groups attached to an aromatic ring is 1. The minimum atomic E-state index is -0.0941. The standard InChI is InChI=1S/C13H19ClN2O/c1-2-3-4-5-8-16-13(17)10-6-7-12(15)11(14)9-10/h6-7,9H,2-5,8,15H2,1H3,(H,16,17). The van der Waals surface area contributed by atoms with Crippen LogP contribution < -0.4 is 11.1 Å². The molecule has 0 spiro atoms. The molecule has 0 saturated heterocycles. The molecule has 0 radical (unpaired) electrons. The molecule has 3 N–H and O–H groups in total. The van der Waals surface area contributed by atoms with Gasteiger partial charge in [0.15, 0.2) is 0 Å². The molecule has 1 amide bonds. The molecular weight excluding hydrogens is 236 g/mol. The predicted octanol–water partition coefficient (Wildman–Crippen LogP) is 3.23. The molecule has 0 aliphatic heterocycles. The molecule has 4 heteroatoms. The zero-order valence-electron chi connectivity index (χ0n) is 10.1. The van der Waals surface area contributed by atoms with Crippen LogP contribution in [0.15, 0.2) is 18.2 Å². The molecule has 17 heavy (non-hydrogen) atoms. The van der Waals surface area contributed by atoms with Gasteiger partial charge >= 0.3 is 0 Å². The highest BCUT2D eigenvalue weighted by molar-refractivity contribution is 6.33. The first-order chi connectivity index (χ1) is 8.15. The minimum absolute atomic E-state index is 0.0941. The first-order valence-electron chi connectivity index (χ1n) is 5.98. The molecule has 0 unspecified atom stereocenters. The number of hydrogen-bond donors (Lipinski definition) is 2. The maximum absolute atomic E-state index is 11.7. The molecule has 1 aromatic rings. The van der Waals surface area contributed by atoms with Crippen LogP contribution >= 0.6 is 11.6 Å². The quantitative estimate of drug-likeness (QED) is 0.605. The smallest absolute Gasteiger partial charge is 0.251 e. The predicted molar refractivity (Wildman–Crippen MR) is 72.3 cm³/mol. The third-order valence-corrected chi connectivity index (χ3v) is 2.91. The van der Waals surface area contributed by atoms with Crippen LogP contribution in [0.1, 0.15) is 43.0 Å². The van der Waals surface area contributed by atoms with Crippen molar-refractivity contribution in [3.05, 3.63) is 28.8 Å². The van der Waals surface area contributed by atoms with E-state index in [2.05, 4.69) is 12.2 Å². The number of halogens is 1. The van der Waals surface area contributed by atoms with Gasteiger partial charge in [-0.15, -0.1) is 0 Å². The normalized spacial score (nSPS) is 10.2. The summed E-state index contributed by atoms with van der Waals surface area (Å²) in [6, 6.07) is 4.93. The molecular formula is C13H19ClN2O. The Kier molecular flexibility index (Phi) is 5.84. The molecule has 0 fully saturated rings. The Morgan fingerprint density at radius 3 is 2.76 bits per heavy atom. The number of hydrogen-bond acceptors (Lipinski definition) is 2. The number of carbonyl (C=O) groups is 1. The highest BCUT2D eigenvalue weighted by Gasteiger charge is 2.06. The Bertz CT molecular complexity index is 380. The average molecular weight is 255 g/mol. The van der Waals surface area contributed by atoms with Crippen molar-refractivity contribution in [2.75, 3.05) is 12.3 Å². The highest BCUT2D eigenvalue weighted by Crippen LogP contribution is 2.19. The van der Waals surface area contributed by atoms with E-state index >= 15 is 0 Å². The summed E-state index contributed by atoms with van der Waals surface area (Å²) in [6.07, 6.45) is 4.58. The lowest BCUT2D eigenvalue weighted by molar-refractivity contribution is 0.0953. The molecule has 0 atom stereocenters. The van der Waals surface area contributed by atoms with Crippen LogP contribution in [0.4, 0.5) is 5.69 Å². The number of rotatable bonds is 6. The van der Waals surface area contributed by atoms with Gasteiger partial charge in [-0.3, -0.25) is 4.79 Å². The van der Waals surface area contributed by atoms with Crippen LogP contribution in [-0.4, -0.2) is 12.5 Å². The van der Waals surface area contributed by atoms with Crippen molar-refractivity contribution in [1.82, 2.24) is 5.32 Å². The number of carbonyl (C=O) groups excluding carboxylic acids is 1. The lowest BCUT2D eigenvalue weighted by atomic mass is 10.2. The summed E-state index contributed by atoms with van der Waals surface area (Å²) in [5, 5.41) is 3.29. The Morgan fingerprint density at radius 2 is 2.12 bits per heavy atom. The molecule has 1 rings (SSSR count). The Morgan fingerprint density at radius 1 is 1.35 bits per heavy atom. The van der Waals surface area contributed by atoms with Crippen molar-refractivity contribution in [3.63, 3.8) is 0 Å². The van der Waals surface area contributed by atoms with Gasteiger partial charge in [0.1, 0.15) is 0 Å². The number of amides is 1. The lowest BCUT2D eigenvalue weighted by Crippen LogP contribution is -2.24. The second-order valence-corrected chi connectivity index (χ2v) is 4.46. The van der Waals surface area contributed by atoms with Crippen molar-refractivity contribution in [2.45, 2.75) is 32.6 Å². The monoisotopic (exact) mass is 254 g/mol. The summed E-state index contributed by atoms with van der Waals surface area (Å²) in [6.45, 7) is 2.87. The maximum Gasteiger partial charge on any atom is 0.251 e. The summed E-state index contributed by atoms with van der Waals surface area (Å²) in [7, 11) is 0. The largest absolute Gasteiger partial charge is 0.398 e. The van der Waals surface area contributed by atoms with Crippen molar-refractivity contribution < 1.29 is 4.79 Å². The van der Waals surface area contributed by atoms with E-state index in [0.29, 0.717) is 22.8 Å². The van der Waals surface area contributed by atoms with E-state index in [1.54, 1.807) is 18.2 Å². The number of unbranched alkanes of at least 4 members (excludes halogenated alkanes) is 3. The van der Waals surface area contributed by atoms with Crippen LogP contribution in [0.25, 0.3) is 0 Å². The van der Waals surface area contributed by atoms with Crippen LogP contribution in [0.2, 0.25) is 5.02 Å². The van der Waals surface area contributed by atoms with Crippen molar-refractivity contribution in [1.29, 1.82) is 0 Å². The first-order valence-corrected chi connectivity index (χ1v) is 6.36. The van der Waals surface area contributed by atoms with Crippen molar-refractivity contribution in [3.8, 4) is 0 Å². The van der Waals surface area contributed by atoms with Gasteiger partial charge < -0.3 is 11.1 Å². The van der Waals surface area contributed by atoms with Crippen LogP contribution in [0, 0.1) is 0 Å². The summed E-state index contributed by atoms with van der Waals surface area (Å²) in [4.78, 5) is 11.7. The lowest BCUT2D eigenvalue weighted by Gasteiger charge is -2.06. The molecule has 94 valence electrons. The van der Waals surface area contributed by atoms with Gasteiger partial charge in [0, 0.05) is 12.1 Å². The van der Waals surface area contributed by atoms with Gasteiger partial charge in [-0.25, -0.2) is 0 Å². The summed E-state index contributed by atoms with van der Waals surface area (Å²) < 4.78 is 0. The van der Waals surface area contributed by atoms with E-state index < -0.39 is 0 Å². The molecule has 0 aromatic heterocycles. The molecule has 3 nitrogen and oxygen atoms in total. The third-order valence-electron chi connectivity index (χ3n) is 2.58. The van der Waals surface area contributed by atoms with E-state index in [-0.39, 0.29) is 5.91 Å². The van der Waals surface area contributed by atoms with E-state index in [9.17, 15) is 4.79 Å². The van der Waals surface area contributed by atoms with E-state index in [4.69, 9.17) is 17.3 Å². The van der Waals surface area contributed by atoms with Crippen LogP contribution in [0.5, 0.6) is 0 Å². The van der Waals surface area contributed by atoms with E-state index in [0.717, 1.165) is 12.8 Å². The Labute approximate surface area is 107 Å². The number of anilines is 1. The number of benzene rings is 1. The topological polar surface area (TPSA) is 55.1 Å². The van der Waals surface area contributed by atoms with E-state index in [1.807, 2.05) is 0 Å². The summed E-state index contributed by atoms with van der Waals surface area (Å²) >= 11 is 5.86.